The van der Waals surface area contributed by atoms with E-state index in [9.17, 15) is 4.79 Å². The molecule has 0 heterocycles. The van der Waals surface area contributed by atoms with Crippen LogP contribution in [-0.4, -0.2) is 12.5 Å². The molecule has 1 aromatic rings. The van der Waals surface area contributed by atoms with E-state index < -0.39 is 0 Å². The van der Waals surface area contributed by atoms with E-state index in [0.717, 1.165) is 6.42 Å². The number of benzene rings is 1. The molecule has 4 heteroatoms. The third-order valence-corrected chi connectivity index (χ3v) is 3.72. The van der Waals surface area contributed by atoms with E-state index in [4.69, 9.17) is 17.3 Å². The Morgan fingerprint density at radius 1 is 1.59 bits per heavy atom. The maximum atomic E-state index is 11.9. The van der Waals surface area contributed by atoms with Gasteiger partial charge in [-0.05, 0) is 36.0 Å². The summed E-state index contributed by atoms with van der Waals surface area (Å²) in [5.41, 5.74) is 7.03. The highest BCUT2D eigenvalue weighted by atomic mass is 35.5. The molecule has 0 aromatic heterocycles. The molecule has 0 aliphatic heterocycles. The molecule has 3 nitrogen and oxygen atoms in total. The Balaban J connectivity index is 1.98. The van der Waals surface area contributed by atoms with Crippen LogP contribution in [0.3, 0.4) is 0 Å². The largest absolute Gasteiger partial charge is 0.398 e. The minimum absolute atomic E-state index is 0.146. The fourth-order valence-electron chi connectivity index (χ4n) is 1.96. The zero-order valence-electron chi connectivity index (χ0n) is 10.1. The molecule has 0 radical (unpaired) electrons. The predicted molar refractivity (Wildman–Crippen MR) is 70.1 cm³/mol. The quantitative estimate of drug-likeness (QED) is 0.813. The highest BCUT2D eigenvalue weighted by Gasteiger charge is 2.45. The van der Waals surface area contributed by atoms with Crippen LogP contribution in [0.5, 0.6) is 0 Å². The molecule has 1 fully saturated rings. The lowest BCUT2D eigenvalue weighted by Gasteiger charge is -2.08. The second kappa shape index (κ2) is 4.22. The number of carbonyl (C=O) groups excluding carboxylic acids is 1. The normalized spacial score (nSPS) is 21.0. The zero-order valence-corrected chi connectivity index (χ0v) is 10.8. The first-order valence-corrected chi connectivity index (χ1v) is 6.11. The van der Waals surface area contributed by atoms with Crippen molar-refractivity contribution < 1.29 is 4.79 Å². The van der Waals surface area contributed by atoms with Gasteiger partial charge in [-0.1, -0.05) is 25.4 Å². The molecule has 1 aliphatic rings. The number of amides is 1. The molecule has 1 saturated carbocycles. The number of nitrogens with two attached hydrogens (primary N) is 1. The second-order valence-corrected chi connectivity index (χ2v) is 5.77. The van der Waals surface area contributed by atoms with Gasteiger partial charge in [-0.3, -0.25) is 4.79 Å². The molecule has 0 bridgehead atoms. The van der Waals surface area contributed by atoms with Gasteiger partial charge in [0, 0.05) is 17.3 Å². The Bertz CT molecular complexity index is 457. The average Bonchev–Trinajstić information content (AvgIpc) is 2.87. The Morgan fingerprint density at radius 2 is 2.24 bits per heavy atom. The molecule has 3 N–H and O–H groups in total. The van der Waals surface area contributed by atoms with E-state index in [1.165, 1.54) is 0 Å². The lowest BCUT2D eigenvalue weighted by molar-refractivity contribution is 0.0951. The lowest BCUT2D eigenvalue weighted by Crippen LogP contribution is -2.27. The van der Waals surface area contributed by atoms with Crippen LogP contribution < -0.4 is 11.1 Å². The van der Waals surface area contributed by atoms with Gasteiger partial charge in [0.15, 0.2) is 0 Å². The first-order valence-electron chi connectivity index (χ1n) is 5.73. The van der Waals surface area contributed by atoms with Crippen molar-refractivity contribution in [2.24, 2.45) is 11.3 Å². The number of rotatable bonds is 3. The summed E-state index contributed by atoms with van der Waals surface area (Å²) in [4.78, 5) is 11.9. The summed E-state index contributed by atoms with van der Waals surface area (Å²) in [7, 11) is 0. The van der Waals surface area contributed by atoms with Gasteiger partial charge >= 0.3 is 0 Å². The van der Waals surface area contributed by atoms with Crippen molar-refractivity contribution in [3.8, 4) is 0 Å². The number of nitrogens with one attached hydrogen (secondary N) is 1. The molecule has 1 aliphatic carbocycles. The van der Waals surface area contributed by atoms with Crippen LogP contribution >= 0.6 is 11.6 Å². The number of hydrogen-bond acceptors (Lipinski definition) is 2. The van der Waals surface area contributed by atoms with E-state index in [-0.39, 0.29) is 5.91 Å². The van der Waals surface area contributed by atoms with Gasteiger partial charge in [-0.2, -0.15) is 0 Å². The second-order valence-electron chi connectivity index (χ2n) is 5.33. The van der Waals surface area contributed by atoms with E-state index >= 15 is 0 Å². The van der Waals surface area contributed by atoms with Crippen molar-refractivity contribution in [3.05, 3.63) is 28.8 Å². The monoisotopic (exact) mass is 252 g/mol. The molecule has 1 atom stereocenters. The number of hydrogen-bond donors (Lipinski definition) is 2. The lowest BCUT2D eigenvalue weighted by atomic mass is 10.1. The molecular weight excluding hydrogens is 236 g/mol. The fourth-order valence-corrected chi connectivity index (χ4v) is 2.13. The smallest absolute Gasteiger partial charge is 0.253 e. The van der Waals surface area contributed by atoms with Crippen LogP contribution in [0.1, 0.15) is 30.6 Å². The van der Waals surface area contributed by atoms with Crippen LogP contribution in [0.2, 0.25) is 5.02 Å². The molecular formula is C13H17ClN2O. The standard InChI is InChI=1S/C13H17ClN2O/c1-13(2)6-8(13)7-16-12(17)10-5-9(14)3-4-11(10)15/h3-5,8H,6-7,15H2,1-2H3,(H,16,17). The minimum Gasteiger partial charge on any atom is -0.398 e. The Morgan fingerprint density at radius 3 is 2.82 bits per heavy atom. The molecule has 0 saturated heterocycles. The van der Waals surface area contributed by atoms with E-state index in [1.807, 2.05) is 0 Å². The van der Waals surface area contributed by atoms with Crippen LogP contribution in [0.15, 0.2) is 18.2 Å². The summed E-state index contributed by atoms with van der Waals surface area (Å²) >= 11 is 5.85. The molecule has 1 unspecified atom stereocenters. The topological polar surface area (TPSA) is 55.1 Å². The van der Waals surface area contributed by atoms with Crippen LogP contribution in [0.4, 0.5) is 5.69 Å². The Kier molecular flexibility index (Phi) is 3.04. The minimum atomic E-state index is -0.146. The zero-order chi connectivity index (χ0) is 12.6. The molecule has 1 aromatic carbocycles. The number of anilines is 1. The first kappa shape index (κ1) is 12.2. The summed E-state index contributed by atoms with van der Waals surface area (Å²) in [5, 5.41) is 3.43. The fraction of sp³-hybridized carbons (Fsp3) is 0.462. The van der Waals surface area contributed by atoms with Crippen LogP contribution in [0.25, 0.3) is 0 Å². The van der Waals surface area contributed by atoms with Gasteiger partial charge in [-0.25, -0.2) is 0 Å². The third-order valence-electron chi connectivity index (χ3n) is 3.49. The molecule has 92 valence electrons. The summed E-state index contributed by atoms with van der Waals surface area (Å²) in [6.45, 7) is 5.12. The first-order chi connectivity index (χ1) is 7.90. The Labute approximate surface area is 106 Å². The van der Waals surface area contributed by atoms with E-state index in [0.29, 0.717) is 34.2 Å². The average molecular weight is 253 g/mol. The third kappa shape index (κ3) is 2.72. The molecule has 17 heavy (non-hydrogen) atoms. The van der Waals surface area contributed by atoms with Crippen molar-refractivity contribution >= 4 is 23.2 Å². The van der Waals surface area contributed by atoms with Gasteiger partial charge in [0.25, 0.3) is 5.91 Å². The van der Waals surface area contributed by atoms with E-state index in [2.05, 4.69) is 19.2 Å². The number of carbonyl (C=O) groups is 1. The highest BCUT2D eigenvalue weighted by Crippen LogP contribution is 2.50. The van der Waals surface area contributed by atoms with Gasteiger partial charge in [0.2, 0.25) is 0 Å². The molecule has 2 rings (SSSR count). The molecule has 0 spiro atoms. The van der Waals surface area contributed by atoms with Crippen molar-refractivity contribution in [3.63, 3.8) is 0 Å². The van der Waals surface area contributed by atoms with Gasteiger partial charge < -0.3 is 11.1 Å². The summed E-state index contributed by atoms with van der Waals surface area (Å²) in [6, 6.07) is 4.93. The molecule has 1 amide bonds. The highest BCUT2D eigenvalue weighted by molar-refractivity contribution is 6.31. The van der Waals surface area contributed by atoms with Crippen molar-refractivity contribution in [2.45, 2.75) is 20.3 Å². The van der Waals surface area contributed by atoms with E-state index in [1.54, 1.807) is 18.2 Å². The van der Waals surface area contributed by atoms with Gasteiger partial charge in [0.1, 0.15) is 0 Å². The van der Waals surface area contributed by atoms with Gasteiger partial charge in [-0.15, -0.1) is 0 Å². The van der Waals surface area contributed by atoms with Gasteiger partial charge in [0.05, 0.1) is 5.56 Å². The van der Waals surface area contributed by atoms with Crippen molar-refractivity contribution in [1.29, 1.82) is 0 Å². The maximum Gasteiger partial charge on any atom is 0.253 e. The van der Waals surface area contributed by atoms with Crippen LogP contribution in [0, 0.1) is 11.3 Å². The predicted octanol–water partition coefficient (Wildman–Crippen LogP) is 2.70. The Hall–Kier alpha value is -1.22. The number of halogens is 1. The number of nitrogen functional groups attached to an aromatic ring is 1. The SMILES string of the molecule is CC1(C)CC1CNC(=O)c1cc(Cl)ccc1N. The summed E-state index contributed by atoms with van der Waals surface area (Å²) in [5.74, 6) is 0.430. The van der Waals surface area contributed by atoms with Crippen molar-refractivity contribution in [1.82, 2.24) is 5.32 Å². The summed E-state index contributed by atoms with van der Waals surface area (Å²) < 4.78 is 0. The maximum absolute atomic E-state index is 11.9. The van der Waals surface area contributed by atoms with Crippen molar-refractivity contribution in [2.75, 3.05) is 12.3 Å². The van der Waals surface area contributed by atoms with Crippen LogP contribution in [-0.2, 0) is 0 Å². The summed E-state index contributed by atoms with van der Waals surface area (Å²) in [6.07, 6.45) is 1.16.